The molecule has 0 unspecified atom stereocenters. The number of hydrogen-bond donors (Lipinski definition) is 1. The van der Waals surface area contributed by atoms with E-state index < -0.39 is 0 Å². The van der Waals surface area contributed by atoms with Crippen LogP contribution in [0.15, 0.2) is 24.7 Å². The molecule has 2 heterocycles. The van der Waals surface area contributed by atoms with Gasteiger partial charge in [0.2, 0.25) is 5.91 Å². The van der Waals surface area contributed by atoms with Crippen molar-refractivity contribution in [3.8, 4) is 0 Å². The average molecular weight is 211 g/mol. The first-order valence-corrected chi connectivity index (χ1v) is 4.48. The van der Waals surface area contributed by atoms with Gasteiger partial charge < -0.3 is 5.32 Å². The van der Waals surface area contributed by atoms with Gasteiger partial charge in [0, 0.05) is 6.07 Å². The van der Waals surface area contributed by atoms with Gasteiger partial charge in [-0.15, -0.1) is 11.6 Å². The summed E-state index contributed by atoms with van der Waals surface area (Å²) in [5.41, 5.74) is 1.31. The van der Waals surface area contributed by atoms with Crippen LogP contribution in [-0.2, 0) is 4.79 Å². The van der Waals surface area contributed by atoms with E-state index >= 15 is 0 Å². The maximum Gasteiger partial charge on any atom is 0.239 e. The standard InChI is InChI=1S/C8H7ClN4O/c9-3-8(14)12-6-4-10-7-1-2-11-13(7)5-6/h1-2,4-5H,3H2,(H,12,14). The summed E-state index contributed by atoms with van der Waals surface area (Å²) in [6.07, 6.45) is 4.86. The molecule has 0 fully saturated rings. The molecule has 1 amide bonds. The zero-order valence-corrected chi connectivity index (χ0v) is 7.90. The topological polar surface area (TPSA) is 59.3 Å². The highest BCUT2D eigenvalue weighted by Gasteiger charge is 2.01. The molecule has 6 heteroatoms. The molecule has 0 spiro atoms. The summed E-state index contributed by atoms with van der Waals surface area (Å²) in [5, 5.41) is 6.56. The van der Waals surface area contributed by atoms with Gasteiger partial charge in [0.1, 0.15) is 5.88 Å². The lowest BCUT2D eigenvalue weighted by atomic mass is 10.5. The quantitative estimate of drug-likeness (QED) is 0.750. The largest absolute Gasteiger partial charge is 0.322 e. The van der Waals surface area contributed by atoms with E-state index in [1.165, 1.54) is 0 Å². The van der Waals surface area contributed by atoms with Crippen LogP contribution in [0.1, 0.15) is 0 Å². The van der Waals surface area contributed by atoms with Crippen molar-refractivity contribution in [1.82, 2.24) is 14.6 Å². The molecule has 0 aromatic carbocycles. The highest BCUT2D eigenvalue weighted by atomic mass is 35.5. The Morgan fingerprint density at radius 1 is 1.64 bits per heavy atom. The molecule has 0 aliphatic carbocycles. The second-order valence-electron chi connectivity index (χ2n) is 2.66. The van der Waals surface area contributed by atoms with Crippen molar-refractivity contribution in [2.45, 2.75) is 0 Å². The number of anilines is 1. The number of aromatic nitrogens is 3. The Hall–Kier alpha value is -1.62. The van der Waals surface area contributed by atoms with E-state index in [0.29, 0.717) is 5.69 Å². The minimum atomic E-state index is -0.264. The van der Waals surface area contributed by atoms with Gasteiger partial charge in [-0.2, -0.15) is 5.10 Å². The summed E-state index contributed by atoms with van der Waals surface area (Å²) >= 11 is 5.34. The number of hydrogen-bond acceptors (Lipinski definition) is 3. The van der Waals surface area contributed by atoms with E-state index in [-0.39, 0.29) is 11.8 Å². The van der Waals surface area contributed by atoms with Crippen LogP contribution < -0.4 is 5.32 Å². The number of amides is 1. The predicted molar refractivity (Wildman–Crippen MR) is 52.3 cm³/mol. The fourth-order valence-corrected chi connectivity index (χ4v) is 1.14. The maximum absolute atomic E-state index is 11.0. The zero-order chi connectivity index (χ0) is 9.97. The van der Waals surface area contributed by atoms with Crippen molar-refractivity contribution in [1.29, 1.82) is 0 Å². The van der Waals surface area contributed by atoms with Gasteiger partial charge in [0.05, 0.1) is 24.3 Å². The van der Waals surface area contributed by atoms with E-state index in [1.54, 1.807) is 29.2 Å². The fraction of sp³-hybridized carbons (Fsp3) is 0.125. The Balaban J connectivity index is 2.30. The molecule has 2 aromatic heterocycles. The van der Waals surface area contributed by atoms with Crippen LogP contribution in [-0.4, -0.2) is 26.4 Å². The smallest absolute Gasteiger partial charge is 0.239 e. The number of nitrogens with one attached hydrogen (secondary N) is 1. The first-order valence-electron chi connectivity index (χ1n) is 3.95. The minimum Gasteiger partial charge on any atom is -0.322 e. The van der Waals surface area contributed by atoms with Crippen LogP contribution in [0.3, 0.4) is 0 Å². The lowest BCUT2D eigenvalue weighted by molar-refractivity contribution is -0.113. The molecule has 0 atom stereocenters. The fourth-order valence-electron chi connectivity index (χ4n) is 1.07. The molecule has 2 rings (SSSR count). The summed E-state index contributed by atoms with van der Waals surface area (Å²) in [5.74, 6) is -0.336. The van der Waals surface area contributed by atoms with Crippen molar-refractivity contribution in [3.63, 3.8) is 0 Å². The molecule has 0 aliphatic heterocycles. The van der Waals surface area contributed by atoms with Crippen molar-refractivity contribution < 1.29 is 4.79 Å². The average Bonchev–Trinajstić information content (AvgIpc) is 2.64. The highest BCUT2D eigenvalue weighted by molar-refractivity contribution is 6.29. The van der Waals surface area contributed by atoms with Crippen molar-refractivity contribution in [3.05, 3.63) is 24.7 Å². The van der Waals surface area contributed by atoms with Crippen molar-refractivity contribution in [2.24, 2.45) is 0 Å². The van der Waals surface area contributed by atoms with Crippen LogP contribution in [0.2, 0.25) is 0 Å². The Morgan fingerprint density at radius 3 is 3.29 bits per heavy atom. The lowest BCUT2D eigenvalue weighted by Crippen LogP contribution is -2.13. The number of carbonyl (C=O) groups excluding carboxylic acids is 1. The third-order valence-corrected chi connectivity index (χ3v) is 1.89. The monoisotopic (exact) mass is 210 g/mol. The van der Waals surface area contributed by atoms with Crippen molar-refractivity contribution >= 4 is 28.8 Å². The van der Waals surface area contributed by atoms with Crippen LogP contribution in [0.5, 0.6) is 0 Å². The van der Waals surface area contributed by atoms with Gasteiger partial charge in [-0.25, -0.2) is 9.50 Å². The Labute approximate surface area is 84.7 Å². The molecule has 0 aliphatic rings. The summed E-state index contributed by atoms with van der Waals surface area (Å²) in [6.45, 7) is 0. The van der Waals surface area contributed by atoms with E-state index in [9.17, 15) is 4.79 Å². The van der Waals surface area contributed by atoms with Crippen LogP contribution in [0.25, 0.3) is 5.65 Å². The van der Waals surface area contributed by atoms with Gasteiger partial charge in [-0.3, -0.25) is 4.79 Å². The predicted octanol–water partition coefficient (Wildman–Crippen LogP) is 0.907. The van der Waals surface area contributed by atoms with E-state index in [4.69, 9.17) is 11.6 Å². The molecular weight excluding hydrogens is 204 g/mol. The Kier molecular flexibility index (Phi) is 2.32. The van der Waals surface area contributed by atoms with Gasteiger partial charge in [0.15, 0.2) is 5.65 Å². The number of rotatable bonds is 2. The van der Waals surface area contributed by atoms with Gasteiger partial charge in [-0.05, 0) is 0 Å². The Morgan fingerprint density at radius 2 is 2.50 bits per heavy atom. The van der Waals surface area contributed by atoms with Crippen molar-refractivity contribution in [2.75, 3.05) is 11.2 Å². The molecule has 14 heavy (non-hydrogen) atoms. The summed E-state index contributed by atoms with van der Waals surface area (Å²) in [7, 11) is 0. The first-order chi connectivity index (χ1) is 6.79. The van der Waals surface area contributed by atoms with Gasteiger partial charge in [0.25, 0.3) is 0 Å². The highest BCUT2D eigenvalue weighted by Crippen LogP contribution is 2.06. The normalized spacial score (nSPS) is 10.4. The number of carbonyl (C=O) groups is 1. The molecule has 1 N–H and O–H groups in total. The second kappa shape index (κ2) is 3.63. The summed E-state index contributed by atoms with van der Waals surface area (Å²) < 4.78 is 1.57. The van der Waals surface area contributed by atoms with Crippen LogP contribution in [0.4, 0.5) is 5.69 Å². The zero-order valence-electron chi connectivity index (χ0n) is 7.14. The summed E-state index contributed by atoms with van der Waals surface area (Å²) in [4.78, 5) is 15.0. The molecule has 0 bridgehead atoms. The van der Waals surface area contributed by atoms with E-state index in [1.807, 2.05) is 0 Å². The third-order valence-electron chi connectivity index (χ3n) is 1.65. The molecule has 0 saturated carbocycles. The molecule has 0 saturated heterocycles. The lowest BCUT2D eigenvalue weighted by Gasteiger charge is -2.01. The molecular formula is C8H7ClN4O. The number of nitrogens with zero attached hydrogens (tertiary/aromatic N) is 3. The molecule has 72 valence electrons. The van der Waals surface area contributed by atoms with Crippen LogP contribution >= 0.6 is 11.6 Å². The number of fused-ring (bicyclic) bond motifs is 1. The molecule has 5 nitrogen and oxygen atoms in total. The van der Waals surface area contributed by atoms with Gasteiger partial charge in [-0.1, -0.05) is 0 Å². The number of halogens is 1. The second-order valence-corrected chi connectivity index (χ2v) is 2.93. The maximum atomic E-state index is 11.0. The minimum absolute atomic E-state index is 0.0723. The SMILES string of the molecule is O=C(CCl)Nc1cnc2ccnn2c1. The van der Waals surface area contributed by atoms with Gasteiger partial charge >= 0.3 is 0 Å². The third kappa shape index (κ3) is 1.67. The first kappa shape index (κ1) is 8.96. The molecule has 2 aromatic rings. The summed E-state index contributed by atoms with van der Waals surface area (Å²) in [6, 6.07) is 1.77. The van der Waals surface area contributed by atoms with E-state index in [0.717, 1.165) is 5.65 Å². The van der Waals surface area contributed by atoms with E-state index in [2.05, 4.69) is 15.4 Å². The van der Waals surface area contributed by atoms with Crippen LogP contribution in [0, 0.1) is 0 Å². The molecule has 0 radical (unpaired) electrons. The number of alkyl halides is 1. The Bertz CT molecular complexity index is 467.